The summed E-state index contributed by atoms with van der Waals surface area (Å²) in [5, 5.41) is 8.55. The molecule has 0 aliphatic carbocycles. The van der Waals surface area contributed by atoms with Crippen molar-refractivity contribution < 1.29 is 8.23 Å². The Hall–Kier alpha value is 0.0606. The van der Waals surface area contributed by atoms with Gasteiger partial charge in [-0.25, -0.2) is 0 Å². The molecule has 0 rings (SSSR count). The van der Waals surface area contributed by atoms with E-state index in [4.69, 9.17) is 13.5 Å². The second-order valence-electron chi connectivity index (χ2n) is 7.28. The fraction of sp³-hybridized carbons (Fsp3) is 0.923. The fourth-order valence-electron chi connectivity index (χ4n) is 2.25. The van der Waals surface area contributed by atoms with E-state index in [1.54, 1.807) is 0 Å². The van der Waals surface area contributed by atoms with Crippen LogP contribution in [0.15, 0.2) is 0 Å². The maximum Gasteiger partial charge on any atom is 0.314 e. The monoisotopic (exact) mass is 317 g/mol. The minimum atomic E-state index is -2.04. The average molecular weight is 318 g/mol. The summed E-state index contributed by atoms with van der Waals surface area (Å²) in [6, 6.07) is 3.27. The zero-order chi connectivity index (χ0) is 15.2. The molecule has 3 nitrogen and oxygen atoms in total. The molecule has 19 heavy (non-hydrogen) atoms. The van der Waals surface area contributed by atoms with E-state index in [2.05, 4.69) is 51.9 Å². The molecule has 0 radical (unpaired) electrons. The molecule has 0 amide bonds. The van der Waals surface area contributed by atoms with Gasteiger partial charge in [-0.15, -0.1) is 0 Å². The van der Waals surface area contributed by atoms with Gasteiger partial charge in [0.05, 0.1) is 6.07 Å². The average Bonchev–Trinajstić information content (AvgIpc) is 2.10. The van der Waals surface area contributed by atoms with Crippen LogP contribution in [-0.4, -0.2) is 25.2 Å². The molecule has 0 aromatic carbocycles. The molecule has 0 saturated carbocycles. The van der Waals surface area contributed by atoms with Gasteiger partial charge in [0.15, 0.2) is 16.6 Å². The molecule has 112 valence electrons. The van der Waals surface area contributed by atoms with E-state index in [9.17, 15) is 0 Å². The molecule has 6 heteroatoms. The highest BCUT2D eigenvalue weighted by Crippen LogP contribution is 2.26. The largest absolute Gasteiger partial charge is 0.437 e. The van der Waals surface area contributed by atoms with Gasteiger partial charge in [-0.1, -0.05) is 12.8 Å². The Bertz CT molecular complexity index is 286. The SMILES string of the molecule is C[Si](C)(C)O[Si](C)(CCCCCC#N)O[Si](C)(C)C. The van der Waals surface area contributed by atoms with Gasteiger partial charge >= 0.3 is 8.56 Å². The van der Waals surface area contributed by atoms with Gasteiger partial charge in [0, 0.05) is 6.42 Å². The molecule has 0 aromatic rings. The quantitative estimate of drug-likeness (QED) is 0.451. The first-order valence-corrected chi connectivity index (χ1v) is 16.6. The van der Waals surface area contributed by atoms with E-state index in [0.29, 0.717) is 6.42 Å². The Labute approximate surface area is 122 Å². The number of hydrogen-bond acceptors (Lipinski definition) is 3. The summed E-state index contributed by atoms with van der Waals surface area (Å²) < 4.78 is 12.9. The van der Waals surface area contributed by atoms with Crippen LogP contribution in [0.1, 0.15) is 25.7 Å². The lowest BCUT2D eigenvalue weighted by Crippen LogP contribution is -2.52. The minimum Gasteiger partial charge on any atom is -0.437 e. The van der Waals surface area contributed by atoms with Crippen molar-refractivity contribution in [2.24, 2.45) is 0 Å². The van der Waals surface area contributed by atoms with Gasteiger partial charge < -0.3 is 8.23 Å². The highest BCUT2D eigenvalue weighted by molar-refractivity contribution is 6.87. The van der Waals surface area contributed by atoms with Gasteiger partial charge in [0.2, 0.25) is 0 Å². The molecule has 0 N–H and O–H groups in total. The van der Waals surface area contributed by atoms with E-state index in [-0.39, 0.29) is 0 Å². The number of nitriles is 1. The van der Waals surface area contributed by atoms with E-state index < -0.39 is 25.2 Å². The molecule has 0 heterocycles. The third-order valence-electron chi connectivity index (χ3n) is 2.46. The molecule has 0 spiro atoms. The van der Waals surface area contributed by atoms with Gasteiger partial charge in [-0.05, 0) is 58.3 Å². The van der Waals surface area contributed by atoms with Crippen molar-refractivity contribution in [3.63, 3.8) is 0 Å². The number of unbranched alkanes of at least 4 members (excludes halogenated alkanes) is 3. The minimum absolute atomic E-state index is 0.669. The van der Waals surface area contributed by atoms with Crippen LogP contribution in [0.5, 0.6) is 0 Å². The molecule has 0 atom stereocenters. The Morgan fingerprint density at radius 3 is 1.63 bits per heavy atom. The van der Waals surface area contributed by atoms with Crippen molar-refractivity contribution in [3.05, 3.63) is 0 Å². The molecule has 0 aromatic heterocycles. The zero-order valence-corrected chi connectivity index (χ0v) is 16.8. The molecule has 0 unspecified atom stereocenters. The summed E-state index contributed by atoms with van der Waals surface area (Å²) >= 11 is 0. The van der Waals surface area contributed by atoms with Crippen LogP contribution >= 0.6 is 0 Å². The van der Waals surface area contributed by atoms with Gasteiger partial charge in [-0.3, -0.25) is 0 Å². The highest BCUT2D eigenvalue weighted by atomic mass is 28.5. The van der Waals surface area contributed by atoms with Crippen LogP contribution < -0.4 is 0 Å². The van der Waals surface area contributed by atoms with Crippen molar-refractivity contribution in [1.29, 1.82) is 5.26 Å². The molecular weight excluding hydrogens is 286 g/mol. The number of hydrogen-bond donors (Lipinski definition) is 0. The Kier molecular flexibility index (Phi) is 7.76. The van der Waals surface area contributed by atoms with Gasteiger partial charge in [-0.2, -0.15) is 5.26 Å². The number of nitrogens with zero attached hydrogens (tertiary/aromatic N) is 1. The Morgan fingerprint density at radius 1 is 0.789 bits per heavy atom. The van der Waals surface area contributed by atoms with Crippen molar-refractivity contribution >= 4 is 25.2 Å². The van der Waals surface area contributed by atoms with E-state index in [0.717, 1.165) is 25.3 Å². The predicted molar refractivity (Wildman–Crippen MR) is 89.4 cm³/mol. The summed E-state index contributed by atoms with van der Waals surface area (Å²) in [4.78, 5) is 0. The second kappa shape index (κ2) is 7.74. The maximum atomic E-state index is 8.55. The van der Waals surface area contributed by atoms with Crippen LogP contribution in [0.3, 0.4) is 0 Å². The van der Waals surface area contributed by atoms with Crippen molar-refractivity contribution in [1.82, 2.24) is 0 Å². The van der Waals surface area contributed by atoms with E-state index in [1.807, 2.05) is 0 Å². The van der Waals surface area contributed by atoms with Crippen LogP contribution in [0, 0.1) is 11.3 Å². The fourth-order valence-corrected chi connectivity index (χ4v) is 14.9. The van der Waals surface area contributed by atoms with Crippen LogP contribution in [0.4, 0.5) is 0 Å². The standard InChI is InChI=1S/C13H31NO2Si3/c1-17(2,3)15-19(7,16-18(4,5)6)13-11-9-8-10-12-14/h8-11,13H2,1-7H3. The highest BCUT2D eigenvalue weighted by Gasteiger charge is 2.39. The predicted octanol–water partition coefficient (Wildman–Crippen LogP) is 4.85. The summed E-state index contributed by atoms with van der Waals surface area (Å²) in [6.45, 7) is 15.7. The molecule has 0 bridgehead atoms. The van der Waals surface area contributed by atoms with Gasteiger partial charge in [0.1, 0.15) is 0 Å². The lowest BCUT2D eigenvalue weighted by Gasteiger charge is -2.38. The Balaban J connectivity index is 4.46. The van der Waals surface area contributed by atoms with Crippen LogP contribution in [0.25, 0.3) is 0 Å². The lowest BCUT2D eigenvalue weighted by atomic mass is 10.2. The molecular formula is C13H31NO2Si3. The van der Waals surface area contributed by atoms with Crippen molar-refractivity contribution in [2.45, 2.75) is 77.6 Å². The summed E-state index contributed by atoms with van der Waals surface area (Å²) in [6.07, 6.45) is 3.91. The smallest absolute Gasteiger partial charge is 0.314 e. The Morgan fingerprint density at radius 2 is 1.26 bits per heavy atom. The molecule has 0 saturated heterocycles. The third-order valence-corrected chi connectivity index (χ3v) is 12.1. The molecule has 0 aliphatic heterocycles. The summed E-state index contributed by atoms with van der Waals surface area (Å²) in [5.41, 5.74) is 0. The van der Waals surface area contributed by atoms with E-state index >= 15 is 0 Å². The van der Waals surface area contributed by atoms with Crippen molar-refractivity contribution in [2.75, 3.05) is 0 Å². The molecule has 0 fully saturated rings. The first kappa shape index (κ1) is 19.1. The zero-order valence-electron chi connectivity index (χ0n) is 13.8. The topological polar surface area (TPSA) is 42.2 Å². The van der Waals surface area contributed by atoms with Crippen LogP contribution in [-0.2, 0) is 8.23 Å². The summed E-state index contributed by atoms with van der Waals surface area (Å²) in [5.74, 6) is 0. The first-order chi connectivity index (χ1) is 8.47. The normalized spacial score (nSPS) is 13.4. The van der Waals surface area contributed by atoms with Gasteiger partial charge in [0.25, 0.3) is 0 Å². The van der Waals surface area contributed by atoms with Crippen molar-refractivity contribution in [3.8, 4) is 6.07 Å². The third kappa shape index (κ3) is 11.6. The summed E-state index contributed by atoms with van der Waals surface area (Å²) in [7, 11) is -5.16. The first-order valence-electron chi connectivity index (χ1n) is 7.25. The van der Waals surface area contributed by atoms with E-state index in [1.165, 1.54) is 0 Å². The lowest BCUT2D eigenvalue weighted by molar-refractivity contribution is 0.380. The van der Waals surface area contributed by atoms with Crippen LogP contribution in [0.2, 0.25) is 51.9 Å². The molecule has 0 aliphatic rings. The second-order valence-corrected chi connectivity index (χ2v) is 20.1. The maximum absolute atomic E-state index is 8.55. The number of rotatable bonds is 9.